The van der Waals surface area contributed by atoms with Crippen LogP contribution in [0.25, 0.3) is 0 Å². The molecule has 0 bridgehead atoms. The van der Waals surface area contributed by atoms with Crippen LogP contribution in [0, 0.1) is 5.41 Å². The van der Waals surface area contributed by atoms with Crippen LogP contribution >= 0.6 is 0 Å². The number of para-hydroxylation sites is 1. The highest BCUT2D eigenvalue weighted by Gasteiger charge is 2.26. The lowest BCUT2D eigenvalue weighted by Crippen LogP contribution is -2.36. The summed E-state index contributed by atoms with van der Waals surface area (Å²) in [6.07, 6.45) is 0.412. The van der Waals surface area contributed by atoms with E-state index in [2.05, 4.69) is 5.32 Å². The van der Waals surface area contributed by atoms with Crippen molar-refractivity contribution in [2.75, 3.05) is 23.9 Å². The molecule has 5 heteroatoms. The largest absolute Gasteiger partial charge is 0.481 e. The predicted octanol–water partition coefficient (Wildman–Crippen LogP) is 2.42. The Kier molecular flexibility index (Phi) is 3.70. The summed E-state index contributed by atoms with van der Waals surface area (Å²) in [4.78, 5) is 25.3. The van der Waals surface area contributed by atoms with Crippen LogP contribution in [0.4, 0.5) is 11.4 Å². The summed E-state index contributed by atoms with van der Waals surface area (Å²) >= 11 is 0. The average Bonchev–Trinajstić information content (AvgIpc) is 2.31. The van der Waals surface area contributed by atoms with Gasteiger partial charge < -0.3 is 15.0 Å². The fraction of sp³-hybridized carbons (Fsp3) is 0.467. The van der Waals surface area contributed by atoms with Gasteiger partial charge in [0, 0.05) is 13.5 Å². The lowest BCUT2D eigenvalue weighted by atomic mass is 9.92. The first kappa shape index (κ1) is 14.4. The minimum absolute atomic E-state index is 0.0306. The number of nitrogens with one attached hydrogen (secondary N) is 1. The molecule has 108 valence electrons. The maximum Gasteiger partial charge on any atom is 0.264 e. The molecular formula is C15H20N2O3. The Labute approximate surface area is 118 Å². The molecule has 0 aliphatic carbocycles. The number of hydrogen-bond acceptors (Lipinski definition) is 3. The summed E-state index contributed by atoms with van der Waals surface area (Å²) in [6.45, 7) is 6.05. The minimum Gasteiger partial charge on any atom is -0.481 e. The number of benzene rings is 1. The zero-order chi connectivity index (χ0) is 14.9. The molecule has 0 saturated heterocycles. The summed E-state index contributed by atoms with van der Waals surface area (Å²) in [5, 5.41) is 2.86. The van der Waals surface area contributed by atoms with Gasteiger partial charge in [-0.25, -0.2) is 0 Å². The third-order valence-electron chi connectivity index (χ3n) is 3.02. The number of carbonyl (C=O) groups is 2. The first-order valence-electron chi connectivity index (χ1n) is 6.60. The first-order chi connectivity index (χ1) is 9.28. The fourth-order valence-electron chi connectivity index (χ4n) is 2.12. The second-order valence-corrected chi connectivity index (χ2v) is 6.18. The number of likely N-dealkylation sites (N-methyl/N-ethyl adjacent to an activating group) is 1. The SMILES string of the molecule is CN1C(=O)COc2cccc(NC(=O)CC(C)(C)C)c21. The molecule has 1 heterocycles. The first-order valence-corrected chi connectivity index (χ1v) is 6.60. The van der Waals surface area contributed by atoms with E-state index in [1.54, 1.807) is 25.2 Å². The van der Waals surface area contributed by atoms with Crippen LogP contribution in [-0.4, -0.2) is 25.5 Å². The zero-order valence-electron chi connectivity index (χ0n) is 12.3. The van der Waals surface area contributed by atoms with E-state index in [0.717, 1.165) is 0 Å². The molecule has 0 unspecified atom stereocenters. The number of ether oxygens (including phenoxy) is 1. The Morgan fingerprint density at radius 3 is 2.75 bits per heavy atom. The Bertz CT molecular complexity index is 547. The normalized spacial score (nSPS) is 14.6. The standard InChI is InChI=1S/C15H20N2O3/c1-15(2,3)8-12(18)16-10-6-5-7-11-14(10)17(4)13(19)9-20-11/h5-7H,8-9H2,1-4H3,(H,16,18). The topological polar surface area (TPSA) is 58.6 Å². The van der Waals surface area contributed by atoms with Crippen LogP contribution in [0.15, 0.2) is 18.2 Å². The molecule has 2 rings (SSSR count). The van der Waals surface area contributed by atoms with Crippen LogP contribution in [-0.2, 0) is 9.59 Å². The number of anilines is 2. The third-order valence-corrected chi connectivity index (χ3v) is 3.02. The van der Waals surface area contributed by atoms with E-state index >= 15 is 0 Å². The van der Waals surface area contributed by atoms with Crippen LogP contribution in [0.1, 0.15) is 27.2 Å². The van der Waals surface area contributed by atoms with Gasteiger partial charge in [-0.3, -0.25) is 9.59 Å². The molecule has 0 saturated carbocycles. The van der Waals surface area contributed by atoms with Gasteiger partial charge in [0.1, 0.15) is 11.4 Å². The molecule has 1 N–H and O–H groups in total. The molecule has 2 amide bonds. The second-order valence-electron chi connectivity index (χ2n) is 6.18. The predicted molar refractivity (Wildman–Crippen MR) is 78.0 cm³/mol. The van der Waals surface area contributed by atoms with Crippen molar-refractivity contribution in [3.05, 3.63) is 18.2 Å². The third kappa shape index (κ3) is 3.10. The second kappa shape index (κ2) is 5.15. The Hall–Kier alpha value is -2.04. The number of amides is 2. The molecule has 0 spiro atoms. The molecule has 1 aromatic rings. The van der Waals surface area contributed by atoms with Gasteiger partial charge in [0.2, 0.25) is 5.91 Å². The van der Waals surface area contributed by atoms with E-state index in [0.29, 0.717) is 23.5 Å². The molecule has 0 aromatic heterocycles. The molecule has 1 aliphatic heterocycles. The minimum atomic E-state index is -0.130. The fourth-order valence-corrected chi connectivity index (χ4v) is 2.12. The highest BCUT2D eigenvalue weighted by Crippen LogP contribution is 2.38. The number of hydrogen-bond donors (Lipinski definition) is 1. The molecule has 0 radical (unpaired) electrons. The number of nitrogens with zero attached hydrogens (tertiary/aromatic N) is 1. The van der Waals surface area contributed by atoms with Gasteiger partial charge in [0.05, 0.1) is 5.69 Å². The summed E-state index contributed by atoms with van der Waals surface area (Å²) in [5.41, 5.74) is 1.13. The summed E-state index contributed by atoms with van der Waals surface area (Å²) in [6, 6.07) is 5.37. The smallest absolute Gasteiger partial charge is 0.264 e. The van der Waals surface area contributed by atoms with Crippen molar-refractivity contribution >= 4 is 23.2 Å². The van der Waals surface area contributed by atoms with Crippen LogP contribution < -0.4 is 15.0 Å². The van der Waals surface area contributed by atoms with E-state index in [1.807, 2.05) is 20.8 Å². The van der Waals surface area contributed by atoms with Crippen molar-refractivity contribution in [3.63, 3.8) is 0 Å². The molecule has 0 atom stereocenters. The summed E-state index contributed by atoms with van der Waals surface area (Å²) in [7, 11) is 1.68. The summed E-state index contributed by atoms with van der Waals surface area (Å²) in [5.74, 6) is 0.410. The Balaban J connectivity index is 2.26. The number of rotatable bonds is 2. The molecule has 5 nitrogen and oxygen atoms in total. The van der Waals surface area contributed by atoms with Crippen LogP contribution in [0.5, 0.6) is 5.75 Å². The van der Waals surface area contributed by atoms with Crippen molar-refractivity contribution < 1.29 is 14.3 Å². The van der Waals surface area contributed by atoms with Crippen molar-refractivity contribution in [2.45, 2.75) is 27.2 Å². The average molecular weight is 276 g/mol. The molecule has 20 heavy (non-hydrogen) atoms. The van der Waals surface area contributed by atoms with E-state index in [1.165, 1.54) is 4.90 Å². The maximum atomic E-state index is 12.0. The Morgan fingerprint density at radius 1 is 1.40 bits per heavy atom. The lowest BCUT2D eigenvalue weighted by molar-refractivity contribution is -0.121. The number of fused-ring (bicyclic) bond motifs is 1. The van der Waals surface area contributed by atoms with E-state index in [-0.39, 0.29) is 23.8 Å². The maximum absolute atomic E-state index is 12.0. The van der Waals surface area contributed by atoms with Crippen molar-refractivity contribution in [3.8, 4) is 5.75 Å². The zero-order valence-corrected chi connectivity index (χ0v) is 12.3. The van der Waals surface area contributed by atoms with Gasteiger partial charge in [-0.1, -0.05) is 26.8 Å². The molecular weight excluding hydrogens is 256 g/mol. The highest BCUT2D eigenvalue weighted by atomic mass is 16.5. The lowest BCUT2D eigenvalue weighted by Gasteiger charge is -2.28. The van der Waals surface area contributed by atoms with E-state index in [9.17, 15) is 9.59 Å². The van der Waals surface area contributed by atoms with Gasteiger partial charge in [0.25, 0.3) is 5.91 Å². The van der Waals surface area contributed by atoms with Gasteiger partial charge in [-0.2, -0.15) is 0 Å². The number of carbonyl (C=O) groups excluding carboxylic acids is 2. The van der Waals surface area contributed by atoms with Crippen LogP contribution in [0.2, 0.25) is 0 Å². The van der Waals surface area contributed by atoms with Gasteiger partial charge in [-0.05, 0) is 17.5 Å². The molecule has 0 fully saturated rings. The summed E-state index contributed by atoms with van der Waals surface area (Å²) < 4.78 is 5.39. The van der Waals surface area contributed by atoms with Gasteiger partial charge >= 0.3 is 0 Å². The quantitative estimate of drug-likeness (QED) is 0.902. The van der Waals surface area contributed by atoms with Gasteiger partial charge in [-0.15, -0.1) is 0 Å². The van der Waals surface area contributed by atoms with Crippen LogP contribution in [0.3, 0.4) is 0 Å². The van der Waals surface area contributed by atoms with E-state index < -0.39 is 0 Å². The Morgan fingerprint density at radius 2 is 2.10 bits per heavy atom. The van der Waals surface area contributed by atoms with Crippen molar-refractivity contribution in [1.82, 2.24) is 0 Å². The van der Waals surface area contributed by atoms with Crippen molar-refractivity contribution in [2.24, 2.45) is 5.41 Å². The molecule has 1 aliphatic rings. The highest BCUT2D eigenvalue weighted by molar-refractivity contribution is 6.04. The van der Waals surface area contributed by atoms with Crippen molar-refractivity contribution in [1.29, 1.82) is 0 Å². The van der Waals surface area contributed by atoms with E-state index in [4.69, 9.17) is 4.74 Å². The monoisotopic (exact) mass is 276 g/mol. The van der Waals surface area contributed by atoms with Gasteiger partial charge in [0.15, 0.2) is 6.61 Å². The molecule has 1 aromatic carbocycles.